The minimum atomic E-state index is -0.524. The fourth-order valence-corrected chi connectivity index (χ4v) is 2.45. The zero-order chi connectivity index (χ0) is 13.2. The third-order valence-corrected chi connectivity index (χ3v) is 3.33. The largest absolute Gasteiger partial charge is 0.373 e. The van der Waals surface area contributed by atoms with E-state index < -0.39 is 5.56 Å². The van der Waals surface area contributed by atoms with Crippen LogP contribution in [0.2, 0.25) is 0 Å². The van der Waals surface area contributed by atoms with E-state index in [0.29, 0.717) is 5.82 Å². The molecule has 0 aromatic carbocycles. The number of nitrogens with one attached hydrogen (secondary N) is 1. The van der Waals surface area contributed by atoms with Crippen LogP contribution in [-0.2, 0) is 6.54 Å². The van der Waals surface area contributed by atoms with E-state index in [2.05, 4.69) is 5.32 Å². The van der Waals surface area contributed by atoms with Crippen molar-refractivity contribution in [2.75, 3.05) is 19.0 Å². The van der Waals surface area contributed by atoms with Crippen LogP contribution in [0.5, 0.6) is 0 Å². The van der Waals surface area contributed by atoms with Crippen molar-refractivity contribution in [1.82, 2.24) is 8.90 Å². The smallest absolute Gasteiger partial charge is 0.335 e. The lowest BCUT2D eigenvalue weighted by Crippen LogP contribution is -2.41. The Morgan fingerprint density at radius 2 is 2.00 bits per heavy atom. The van der Waals surface area contributed by atoms with Crippen molar-refractivity contribution >= 4 is 20.3 Å². The third kappa shape index (κ3) is 2.17. The normalized spacial score (nSPS) is 11.1. The molecule has 1 heterocycles. The topological polar surface area (TPSA) is 73.1 Å². The molecule has 0 saturated heterocycles. The molecule has 1 rings (SSSR count). The Hall–Kier alpha value is -1.42. The first-order chi connectivity index (χ1) is 7.99. The van der Waals surface area contributed by atoms with Gasteiger partial charge >= 0.3 is 5.69 Å². The summed E-state index contributed by atoms with van der Waals surface area (Å²) < 4.78 is 2.50. The Balaban J connectivity index is 3.89. The SMILES string of the molecule is CCn1c(=O)c(C(C)=O)c(NC)n(PC)c1=O. The first kappa shape index (κ1) is 13.6. The molecule has 0 fully saturated rings. The maximum atomic E-state index is 12.0. The van der Waals surface area contributed by atoms with Crippen LogP contribution in [0, 0.1) is 0 Å². The maximum absolute atomic E-state index is 12.0. The molecule has 0 amide bonds. The first-order valence-electron chi connectivity index (χ1n) is 5.25. The fraction of sp³-hybridized carbons (Fsp3) is 0.500. The highest BCUT2D eigenvalue weighted by molar-refractivity contribution is 7.35. The molecule has 1 aromatic rings. The van der Waals surface area contributed by atoms with E-state index in [4.69, 9.17) is 0 Å². The van der Waals surface area contributed by atoms with Crippen molar-refractivity contribution in [3.8, 4) is 0 Å². The number of ketones is 1. The van der Waals surface area contributed by atoms with Gasteiger partial charge in [-0.3, -0.25) is 18.5 Å². The molecular formula is C10H16N3O3P. The Morgan fingerprint density at radius 3 is 2.35 bits per heavy atom. The molecule has 17 heavy (non-hydrogen) atoms. The minimum Gasteiger partial charge on any atom is -0.373 e. The quantitative estimate of drug-likeness (QED) is 0.623. The van der Waals surface area contributed by atoms with Gasteiger partial charge < -0.3 is 5.32 Å². The average molecular weight is 257 g/mol. The molecule has 1 N–H and O–H groups in total. The molecule has 6 nitrogen and oxygen atoms in total. The highest BCUT2D eigenvalue weighted by Gasteiger charge is 2.19. The lowest BCUT2D eigenvalue weighted by atomic mass is 10.2. The number of carbonyl (C=O) groups is 1. The Bertz CT molecular complexity index is 559. The molecule has 0 aliphatic carbocycles. The second-order valence-corrected chi connectivity index (χ2v) is 4.32. The first-order valence-corrected chi connectivity index (χ1v) is 6.70. The van der Waals surface area contributed by atoms with Gasteiger partial charge in [-0.25, -0.2) is 4.79 Å². The van der Waals surface area contributed by atoms with E-state index in [0.717, 1.165) is 4.57 Å². The summed E-state index contributed by atoms with van der Waals surface area (Å²) >= 11 is 0. The number of hydrogen-bond donors (Lipinski definition) is 1. The number of anilines is 1. The van der Waals surface area contributed by atoms with Gasteiger partial charge in [-0.05, 0) is 29.2 Å². The highest BCUT2D eigenvalue weighted by atomic mass is 31.1. The number of rotatable bonds is 4. The van der Waals surface area contributed by atoms with Gasteiger partial charge in [0.15, 0.2) is 5.78 Å². The van der Waals surface area contributed by atoms with Crippen molar-refractivity contribution in [2.45, 2.75) is 20.4 Å². The summed E-state index contributed by atoms with van der Waals surface area (Å²) in [7, 11) is 1.74. The monoisotopic (exact) mass is 257 g/mol. The number of hydrogen-bond acceptors (Lipinski definition) is 4. The molecular weight excluding hydrogens is 241 g/mol. The van der Waals surface area contributed by atoms with Crippen LogP contribution in [0.4, 0.5) is 5.82 Å². The molecule has 0 bridgehead atoms. The highest BCUT2D eigenvalue weighted by Crippen LogP contribution is 2.17. The van der Waals surface area contributed by atoms with Gasteiger partial charge in [0.25, 0.3) is 5.56 Å². The van der Waals surface area contributed by atoms with Gasteiger partial charge in [-0.15, -0.1) is 0 Å². The summed E-state index contributed by atoms with van der Waals surface area (Å²) in [5.74, 6) is -0.0356. The number of nitrogens with zero attached hydrogens (tertiary/aromatic N) is 2. The molecule has 1 unspecified atom stereocenters. The van der Waals surface area contributed by atoms with Crippen LogP contribution in [0.1, 0.15) is 24.2 Å². The summed E-state index contributed by atoms with van der Waals surface area (Å²) in [6, 6.07) is 0. The van der Waals surface area contributed by atoms with Gasteiger partial charge in [-0.1, -0.05) is 0 Å². The minimum absolute atomic E-state index is 0.0447. The molecule has 7 heteroatoms. The average Bonchev–Trinajstić information content (AvgIpc) is 2.28. The zero-order valence-electron chi connectivity index (χ0n) is 10.3. The van der Waals surface area contributed by atoms with Crippen LogP contribution in [-0.4, -0.2) is 28.4 Å². The van der Waals surface area contributed by atoms with Gasteiger partial charge in [0.05, 0.1) is 0 Å². The van der Waals surface area contributed by atoms with Gasteiger partial charge in [0.1, 0.15) is 11.4 Å². The predicted molar refractivity (Wildman–Crippen MR) is 69.8 cm³/mol. The summed E-state index contributed by atoms with van der Waals surface area (Å²) in [5.41, 5.74) is -0.861. The van der Waals surface area contributed by atoms with E-state index in [1.807, 2.05) is 6.66 Å². The molecule has 1 aromatic heterocycles. The van der Waals surface area contributed by atoms with Crippen molar-refractivity contribution < 1.29 is 4.79 Å². The third-order valence-electron chi connectivity index (χ3n) is 2.47. The molecule has 0 spiro atoms. The van der Waals surface area contributed by atoms with E-state index in [1.54, 1.807) is 14.0 Å². The maximum Gasteiger partial charge on any atom is 0.335 e. The second-order valence-electron chi connectivity index (χ2n) is 3.42. The van der Waals surface area contributed by atoms with Crippen LogP contribution >= 0.6 is 8.73 Å². The van der Waals surface area contributed by atoms with Crippen molar-refractivity contribution in [3.05, 3.63) is 26.4 Å². The lowest BCUT2D eigenvalue weighted by molar-refractivity contribution is 0.101. The number of carbonyl (C=O) groups excluding carboxylic acids is 1. The van der Waals surface area contributed by atoms with E-state index >= 15 is 0 Å². The van der Waals surface area contributed by atoms with Crippen LogP contribution in [0.3, 0.4) is 0 Å². The molecule has 0 aliphatic heterocycles. The Kier molecular flexibility index (Phi) is 4.23. The molecule has 0 radical (unpaired) electrons. The fourth-order valence-electron chi connectivity index (χ4n) is 1.69. The summed E-state index contributed by atoms with van der Waals surface area (Å²) in [5, 5.41) is 2.77. The molecule has 1 atom stereocenters. The van der Waals surface area contributed by atoms with Crippen molar-refractivity contribution in [3.63, 3.8) is 0 Å². The standard InChI is InChI=1S/C10H16N3O3P/c1-5-12-9(15)7(6(2)14)8(11-3)13(17-4)10(12)16/h11,17H,5H2,1-4H3. The Morgan fingerprint density at radius 1 is 1.41 bits per heavy atom. The summed E-state index contributed by atoms with van der Waals surface area (Å²) in [4.78, 5) is 35.5. The van der Waals surface area contributed by atoms with E-state index in [1.165, 1.54) is 11.3 Å². The summed E-state index contributed by atoms with van der Waals surface area (Å²) in [6.45, 7) is 5.10. The molecule has 0 aliphatic rings. The second kappa shape index (κ2) is 5.27. The van der Waals surface area contributed by atoms with Crippen LogP contribution in [0.15, 0.2) is 9.59 Å². The molecule has 0 saturated carbocycles. The van der Waals surface area contributed by atoms with Crippen LogP contribution in [0.25, 0.3) is 0 Å². The van der Waals surface area contributed by atoms with Crippen molar-refractivity contribution in [2.24, 2.45) is 0 Å². The molecule has 94 valence electrons. The Labute approximate surface area is 100 Å². The van der Waals surface area contributed by atoms with E-state index in [-0.39, 0.29) is 32.3 Å². The van der Waals surface area contributed by atoms with Gasteiger partial charge in [0.2, 0.25) is 0 Å². The van der Waals surface area contributed by atoms with Gasteiger partial charge in [-0.2, -0.15) is 0 Å². The van der Waals surface area contributed by atoms with E-state index in [9.17, 15) is 14.4 Å². The number of aromatic nitrogens is 2. The predicted octanol–water partition coefficient (Wildman–Crippen LogP) is 0.346. The van der Waals surface area contributed by atoms with Crippen molar-refractivity contribution in [1.29, 1.82) is 0 Å². The number of Topliss-reactive ketones (excluding diaryl/α,β-unsaturated/α-hetero) is 1. The zero-order valence-corrected chi connectivity index (χ0v) is 11.3. The summed E-state index contributed by atoms with van der Waals surface area (Å²) in [6.07, 6.45) is 0. The van der Waals surface area contributed by atoms with Gasteiger partial charge in [0, 0.05) is 13.6 Å². The lowest BCUT2D eigenvalue weighted by Gasteiger charge is -2.15. The van der Waals surface area contributed by atoms with Crippen LogP contribution < -0.4 is 16.6 Å².